The summed E-state index contributed by atoms with van der Waals surface area (Å²) in [6, 6.07) is 7.51. The van der Waals surface area contributed by atoms with Gasteiger partial charge in [-0.05, 0) is 12.1 Å². The summed E-state index contributed by atoms with van der Waals surface area (Å²) in [5.74, 6) is 5.14. The lowest BCUT2D eigenvalue weighted by Crippen LogP contribution is -2.49. The molecule has 0 saturated heterocycles. The Morgan fingerprint density at radius 2 is 2.00 bits per heavy atom. The minimum absolute atomic E-state index is 0.268. The zero-order chi connectivity index (χ0) is 10.8. The first-order valence-electron chi connectivity index (χ1n) is 4.82. The zero-order valence-corrected chi connectivity index (χ0v) is 8.60. The summed E-state index contributed by atoms with van der Waals surface area (Å²) in [6.45, 7) is 1.46. The summed E-state index contributed by atoms with van der Waals surface area (Å²) in [5.41, 5.74) is 4.10. The van der Waals surface area contributed by atoms with Gasteiger partial charge in [0, 0.05) is 20.1 Å². The van der Waals surface area contributed by atoms with Gasteiger partial charge in [-0.15, -0.1) is 0 Å². The number of hydrogen-bond acceptors (Lipinski definition) is 3. The van der Waals surface area contributed by atoms with Crippen LogP contribution in [0.3, 0.4) is 0 Å². The highest BCUT2D eigenvalue weighted by Crippen LogP contribution is 2.31. The molecule has 0 atom stereocenters. The maximum atomic E-state index is 11.5. The first-order chi connectivity index (χ1) is 7.24. The molecule has 0 spiro atoms. The number of rotatable bonds is 0. The van der Waals surface area contributed by atoms with Crippen molar-refractivity contribution >= 4 is 17.4 Å². The number of hydrogen-bond donors (Lipinski definition) is 2. The number of carbonyl (C=O) groups excluding carboxylic acids is 1. The number of urea groups is 1. The van der Waals surface area contributed by atoms with E-state index >= 15 is 0 Å². The molecule has 0 aliphatic carbocycles. The molecule has 0 radical (unpaired) electrons. The number of anilines is 2. The fourth-order valence-corrected chi connectivity index (χ4v) is 1.79. The van der Waals surface area contributed by atoms with Gasteiger partial charge >= 0.3 is 6.03 Å². The van der Waals surface area contributed by atoms with E-state index in [9.17, 15) is 4.79 Å². The van der Waals surface area contributed by atoms with Gasteiger partial charge in [0.25, 0.3) is 0 Å². The Morgan fingerprint density at radius 1 is 1.33 bits per heavy atom. The third kappa shape index (κ3) is 1.61. The quantitative estimate of drug-likeness (QED) is 0.370. The second-order valence-electron chi connectivity index (χ2n) is 3.51. The first kappa shape index (κ1) is 9.79. The first-order valence-corrected chi connectivity index (χ1v) is 4.82. The van der Waals surface area contributed by atoms with E-state index in [4.69, 9.17) is 5.84 Å². The highest BCUT2D eigenvalue weighted by Gasteiger charge is 2.23. The van der Waals surface area contributed by atoms with E-state index in [1.807, 2.05) is 31.3 Å². The van der Waals surface area contributed by atoms with E-state index in [1.165, 1.54) is 0 Å². The maximum Gasteiger partial charge on any atom is 0.336 e. The predicted octanol–water partition coefficient (Wildman–Crippen LogP) is 0.526. The molecular weight excluding hydrogens is 192 g/mol. The molecule has 0 unspecified atom stereocenters. The summed E-state index contributed by atoms with van der Waals surface area (Å²) in [7, 11) is 2.01. The summed E-state index contributed by atoms with van der Waals surface area (Å²) in [5, 5.41) is 0. The average molecular weight is 206 g/mol. The van der Waals surface area contributed by atoms with E-state index in [0.717, 1.165) is 17.9 Å². The average Bonchev–Trinajstić information content (AvgIpc) is 2.29. The SMILES string of the molecule is CN1CCN(C(=O)NN)c2ccccc21. The second kappa shape index (κ2) is 3.78. The molecule has 1 aliphatic heterocycles. The van der Waals surface area contributed by atoms with Crippen LogP contribution >= 0.6 is 0 Å². The van der Waals surface area contributed by atoms with Crippen LogP contribution in [0.2, 0.25) is 0 Å². The van der Waals surface area contributed by atoms with Gasteiger partial charge in [0.1, 0.15) is 0 Å². The van der Waals surface area contributed by atoms with Crippen LogP contribution in [0.5, 0.6) is 0 Å². The summed E-state index contributed by atoms with van der Waals surface area (Å²) < 4.78 is 0. The zero-order valence-electron chi connectivity index (χ0n) is 8.60. The molecule has 2 amide bonds. The van der Waals surface area contributed by atoms with Gasteiger partial charge in [-0.1, -0.05) is 12.1 Å². The minimum Gasteiger partial charge on any atom is -0.371 e. The molecule has 0 fully saturated rings. The third-order valence-corrected chi connectivity index (χ3v) is 2.61. The molecule has 0 aromatic heterocycles. The molecule has 1 aliphatic rings. The van der Waals surface area contributed by atoms with Gasteiger partial charge < -0.3 is 4.90 Å². The van der Waals surface area contributed by atoms with Gasteiger partial charge in [-0.3, -0.25) is 10.3 Å². The second-order valence-corrected chi connectivity index (χ2v) is 3.51. The van der Waals surface area contributed by atoms with Gasteiger partial charge in [0.15, 0.2) is 0 Å². The van der Waals surface area contributed by atoms with E-state index in [1.54, 1.807) is 4.90 Å². The summed E-state index contributed by atoms with van der Waals surface area (Å²) in [4.78, 5) is 15.3. The number of hydrazine groups is 1. The number of carbonyl (C=O) groups is 1. The highest BCUT2D eigenvalue weighted by atomic mass is 16.2. The molecule has 2 rings (SSSR count). The van der Waals surface area contributed by atoms with Crippen LogP contribution in [-0.4, -0.2) is 26.2 Å². The minimum atomic E-state index is -0.268. The molecule has 3 N–H and O–H groups in total. The number of para-hydroxylation sites is 2. The standard InChI is InChI=1S/C10H14N4O/c1-13-6-7-14(10(15)12-11)9-5-3-2-4-8(9)13/h2-5H,6-7,11H2,1H3,(H,12,15). The predicted molar refractivity (Wildman–Crippen MR) is 59.8 cm³/mol. The highest BCUT2D eigenvalue weighted by molar-refractivity contribution is 5.96. The van der Waals surface area contributed by atoms with Crippen LogP contribution in [-0.2, 0) is 0 Å². The number of fused-ring (bicyclic) bond motifs is 1. The Morgan fingerprint density at radius 3 is 2.67 bits per heavy atom. The number of nitrogens with zero attached hydrogens (tertiary/aromatic N) is 2. The molecular formula is C10H14N4O. The number of nitrogens with two attached hydrogens (primary N) is 1. The Labute approximate surface area is 88.4 Å². The van der Waals surface area contributed by atoms with Crippen molar-refractivity contribution in [3.63, 3.8) is 0 Å². The summed E-state index contributed by atoms with van der Waals surface area (Å²) in [6.07, 6.45) is 0. The molecule has 80 valence electrons. The number of amides is 2. The van der Waals surface area contributed by atoms with Crippen molar-refractivity contribution < 1.29 is 4.79 Å². The lowest BCUT2D eigenvalue weighted by molar-refractivity contribution is 0.246. The molecule has 1 aromatic rings. The number of nitrogens with one attached hydrogen (secondary N) is 1. The molecule has 1 aromatic carbocycles. The molecule has 0 bridgehead atoms. The van der Waals surface area contributed by atoms with Gasteiger partial charge in [-0.25, -0.2) is 10.6 Å². The van der Waals surface area contributed by atoms with Gasteiger partial charge in [0.05, 0.1) is 11.4 Å². The summed E-state index contributed by atoms with van der Waals surface area (Å²) >= 11 is 0. The van der Waals surface area contributed by atoms with E-state index in [0.29, 0.717) is 6.54 Å². The van der Waals surface area contributed by atoms with Crippen molar-refractivity contribution in [1.29, 1.82) is 0 Å². The number of benzene rings is 1. The topological polar surface area (TPSA) is 61.6 Å². The fraction of sp³-hybridized carbons (Fsp3) is 0.300. The van der Waals surface area contributed by atoms with E-state index < -0.39 is 0 Å². The number of likely N-dealkylation sites (N-methyl/N-ethyl adjacent to an activating group) is 1. The van der Waals surface area contributed by atoms with Gasteiger partial charge in [-0.2, -0.15) is 0 Å². The van der Waals surface area contributed by atoms with Crippen LogP contribution < -0.4 is 21.1 Å². The maximum absolute atomic E-state index is 11.5. The molecule has 1 heterocycles. The van der Waals surface area contributed by atoms with Crippen molar-refractivity contribution in [2.24, 2.45) is 5.84 Å². The van der Waals surface area contributed by atoms with Crippen LogP contribution in [0.15, 0.2) is 24.3 Å². The smallest absolute Gasteiger partial charge is 0.336 e. The molecule has 0 saturated carbocycles. The normalized spacial score (nSPS) is 14.8. The fourth-order valence-electron chi connectivity index (χ4n) is 1.79. The van der Waals surface area contributed by atoms with Crippen molar-refractivity contribution in [2.45, 2.75) is 0 Å². The van der Waals surface area contributed by atoms with Crippen molar-refractivity contribution in [1.82, 2.24) is 5.43 Å². The lowest BCUT2D eigenvalue weighted by Gasteiger charge is -2.35. The van der Waals surface area contributed by atoms with Crippen molar-refractivity contribution in [2.75, 3.05) is 29.9 Å². The van der Waals surface area contributed by atoms with Crippen LogP contribution in [0.4, 0.5) is 16.2 Å². The van der Waals surface area contributed by atoms with Crippen molar-refractivity contribution in [3.8, 4) is 0 Å². The third-order valence-electron chi connectivity index (χ3n) is 2.61. The Bertz CT molecular complexity index is 379. The van der Waals surface area contributed by atoms with E-state index in [2.05, 4.69) is 10.3 Å². The van der Waals surface area contributed by atoms with E-state index in [-0.39, 0.29) is 6.03 Å². The van der Waals surface area contributed by atoms with Gasteiger partial charge in [0.2, 0.25) is 0 Å². The Kier molecular flexibility index (Phi) is 2.47. The van der Waals surface area contributed by atoms with Crippen LogP contribution in [0, 0.1) is 0 Å². The van der Waals surface area contributed by atoms with Crippen LogP contribution in [0.25, 0.3) is 0 Å². The lowest BCUT2D eigenvalue weighted by atomic mass is 10.2. The van der Waals surface area contributed by atoms with Crippen molar-refractivity contribution in [3.05, 3.63) is 24.3 Å². The largest absolute Gasteiger partial charge is 0.371 e. The molecule has 5 nitrogen and oxygen atoms in total. The monoisotopic (exact) mass is 206 g/mol. The Hall–Kier alpha value is -1.75. The molecule has 15 heavy (non-hydrogen) atoms. The molecule has 5 heteroatoms. The Balaban J connectivity index is 2.40. The van der Waals surface area contributed by atoms with Crippen LogP contribution in [0.1, 0.15) is 0 Å².